The molecule has 0 aromatic heterocycles. The van der Waals surface area contributed by atoms with Gasteiger partial charge in [-0.05, 0) is 31.0 Å². The molecule has 2 rings (SSSR count). The molecule has 1 aliphatic rings. The summed E-state index contributed by atoms with van der Waals surface area (Å²) in [6, 6.07) is 6.46. The maximum atomic E-state index is 12.8. The van der Waals surface area contributed by atoms with E-state index >= 15 is 0 Å². The van der Waals surface area contributed by atoms with Crippen LogP contribution >= 0.6 is 0 Å². The zero-order valence-electron chi connectivity index (χ0n) is 7.96. The Hall–Kier alpha value is -1.38. The van der Waals surface area contributed by atoms with E-state index < -0.39 is 0 Å². The average molecular weight is 192 g/mol. The van der Waals surface area contributed by atoms with Gasteiger partial charge in [0, 0.05) is 18.7 Å². The summed E-state index contributed by atoms with van der Waals surface area (Å²) in [5.41, 5.74) is 0.783. The van der Waals surface area contributed by atoms with Gasteiger partial charge in [-0.25, -0.2) is 4.39 Å². The maximum absolute atomic E-state index is 12.8. The molecule has 0 bridgehead atoms. The van der Waals surface area contributed by atoms with E-state index in [1.54, 1.807) is 6.07 Å². The molecule has 0 saturated carbocycles. The summed E-state index contributed by atoms with van der Waals surface area (Å²) in [5, 5.41) is 3.13. The van der Waals surface area contributed by atoms with Crippen LogP contribution < -0.4 is 5.32 Å². The van der Waals surface area contributed by atoms with E-state index in [1.165, 1.54) is 18.6 Å². The summed E-state index contributed by atoms with van der Waals surface area (Å²) in [4.78, 5) is 4.34. The van der Waals surface area contributed by atoms with Gasteiger partial charge in [0.2, 0.25) is 0 Å². The second kappa shape index (κ2) is 4.22. The van der Waals surface area contributed by atoms with Gasteiger partial charge in [-0.2, -0.15) is 0 Å². The van der Waals surface area contributed by atoms with Gasteiger partial charge in [-0.1, -0.05) is 6.07 Å². The van der Waals surface area contributed by atoms with Crippen molar-refractivity contribution in [2.24, 2.45) is 4.99 Å². The predicted molar refractivity (Wildman–Crippen MR) is 56.2 cm³/mol. The molecule has 0 unspecified atom stereocenters. The minimum absolute atomic E-state index is 0.216. The van der Waals surface area contributed by atoms with Crippen LogP contribution in [0.1, 0.15) is 19.3 Å². The van der Waals surface area contributed by atoms with Gasteiger partial charge in [0.1, 0.15) is 11.7 Å². The second-order valence-corrected chi connectivity index (χ2v) is 3.42. The minimum atomic E-state index is -0.216. The van der Waals surface area contributed by atoms with Crippen LogP contribution in [0.5, 0.6) is 0 Å². The van der Waals surface area contributed by atoms with Gasteiger partial charge >= 0.3 is 0 Å². The van der Waals surface area contributed by atoms with E-state index in [4.69, 9.17) is 0 Å². The Kier molecular flexibility index (Phi) is 2.77. The fourth-order valence-corrected chi connectivity index (χ4v) is 1.53. The normalized spacial score (nSPS) is 16.2. The molecule has 0 aliphatic carbocycles. The smallest absolute Gasteiger partial charge is 0.125 e. The number of nitrogens with zero attached hydrogens (tertiary/aromatic N) is 1. The van der Waals surface area contributed by atoms with Gasteiger partial charge in [0.25, 0.3) is 0 Å². The zero-order chi connectivity index (χ0) is 9.80. The quantitative estimate of drug-likeness (QED) is 0.727. The number of halogens is 1. The highest BCUT2D eigenvalue weighted by Crippen LogP contribution is 2.12. The van der Waals surface area contributed by atoms with Crippen molar-refractivity contribution < 1.29 is 4.39 Å². The lowest BCUT2D eigenvalue weighted by molar-refractivity contribution is 0.628. The molecule has 0 spiro atoms. The lowest BCUT2D eigenvalue weighted by Gasteiger charge is -2.13. The van der Waals surface area contributed by atoms with Crippen molar-refractivity contribution in [3.8, 4) is 0 Å². The molecule has 0 fully saturated rings. The molecule has 1 aliphatic heterocycles. The van der Waals surface area contributed by atoms with Crippen molar-refractivity contribution in [1.29, 1.82) is 0 Å². The fourth-order valence-electron chi connectivity index (χ4n) is 1.53. The lowest BCUT2D eigenvalue weighted by Crippen LogP contribution is -2.16. The highest BCUT2D eigenvalue weighted by Gasteiger charge is 2.05. The third-order valence-corrected chi connectivity index (χ3v) is 2.24. The Morgan fingerprint density at radius 2 is 2.21 bits per heavy atom. The number of benzene rings is 1. The molecule has 1 aromatic carbocycles. The van der Waals surface area contributed by atoms with E-state index in [0.717, 1.165) is 30.9 Å². The molecule has 2 nitrogen and oxygen atoms in total. The van der Waals surface area contributed by atoms with Crippen LogP contribution in [0.4, 0.5) is 10.1 Å². The molecule has 0 atom stereocenters. The topological polar surface area (TPSA) is 24.4 Å². The van der Waals surface area contributed by atoms with Crippen molar-refractivity contribution >= 4 is 11.5 Å². The number of rotatable bonds is 1. The molecular formula is C11H13FN2. The molecule has 0 saturated heterocycles. The van der Waals surface area contributed by atoms with Crippen LogP contribution in [0, 0.1) is 5.82 Å². The Bertz CT molecular complexity index is 347. The Morgan fingerprint density at radius 1 is 1.29 bits per heavy atom. The van der Waals surface area contributed by atoms with Crippen LogP contribution in [0.25, 0.3) is 0 Å². The standard InChI is InChI=1S/C11H13FN2/c12-9-4-3-5-10(8-9)14-11-6-1-2-7-13-11/h3-5,8H,1-2,6-7H2,(H,13,14). The van der Waals surface area contributed by atoms with E-state index in [9.17, 15) is 4.39 Å². The Labute approximate surface area is 82.9 Å². The van der Waals surface area contributed by atoms with E-state index in [0.29, 0.717) is 0 Å². The van der Waals surface area contributed by atoms with Gasteiger partial charge in [0.05, 0.1) is 0 Å². The molecule has 1 aromatic rings. The van der Waals surface area contributed by atoms with Crippen LogP contribution in [-0.2, 0) is 0 Å². The first-order valence-corrected chi connectivity index (χ1v) is 4.90. The first-order valence-electron chi connectivity index (χ1n) is 4.90. The Balaban J connectivity index is 2.06. The lowest BCUT2D eigenvalue weighted by atomic mass is 10.2. The van der Waals surface area contributed by atoms with Crippen molar-refractivity contribution in [3.63, 3.8) is 0 Å². The fraction of sp³-hybridized carbons (Fsp3) is 0.364. The number of nitrogens with one attached hydrogen (secondary N) is 1. The van der Waals surface area contributed by atoms with Crippen molar-refractivity contribution in [1.82, 2.24) is 0 Å². The zero-order valence-corrected chi connectivity index (χ0v) is 7.96. The first-order chi connectivity index (χ1) is 6.84. The van der Waals surface area contributed by atoms with Gasteiger partial charge in [-0.3, -0.25) is 4.99 Å². The van der Waals surface area contributed by atoms with Crippen LogP contribution in [0.15, 0.2) is 29.3 Å². The van der Waals surface area contributed by atoms with E-state index in [1.807, 2.05) is 6.07 Å². The average Bonchev–Trinajstić information content (AvgIpc) is 2.19. The Morgan fingerprint density at radius 3 is 2.93 bits per heavy atom. The summed E-state index contributed by atoms with van der Waals surface area (Å²) >= 11 is 0. The van der Waals surface area contributed by atoms with Gasteiger partial charge in [0.15, 0.2) is 0 Å². The SMILES string of the molecule is Fc1cccc(NC2=NCCCC2)c1. The van der Waals surface area contributed by atoms with Crippen molar-refractivity contribution in [2.75, 3.05) is 11.9 Å². The number of hydrogen-bond acceptors (Lipinski definition) is 2. The van der Waals surface area contributed by atoms with Crippen LogP contribution in [0.2, 0.25) is 0 Å². The van der Waals surface area contributed by atoms with Crippen molar-refractivity contribution in [2.45, 2.75) is 19.3 Å². The maximum Gasteiger partial charge on any atom is 0.125 e. The third kappa shape index (κ3) is 2.31. The monoisotopic (exact) mass is 192 g/mol. The molecular weight excluding hydrogens is 179 g/mol. The number of amidine groups is 1. The number of aliphatic imine (C=N–C) groups is 1. The van der Waals surface area contributed by atoms with E-state index in [2.05, 4.69) is 10.3 Å². The highest BCUT2D eigenvalue weighted by atomic mass is 19.1. The van der Waals surface area contributed by atoms with Crippen LogP contribution in [-0.4, -0.2) is 12.4 Å². The largest absolute Gasteiger partial charge is 0.344 e. The molecule has 1 heterocycles. The molecule has 0 radical (unpaired) electrons. The van der Waals surface area contributed by atoms with Gasteiger partial charge in [-0.15, -0.1) is 0 Å². The predicted octanol–water partition coefficient (Wildman–Crippen LogP) is 2.82. The summed E-state index contributed by atoms with van der Waals surface area (Å²) in [6.07, 6.45) is 3.30. The summed E-state index contributed by atoms with van der Waals surface area (Å²) in [6.45, 7) is 0.887. The second-order valence-electron chi connectivity index (χ2n) is 3.42. The van der Waals surface area contributed by atoms with Gasteiger partial charge < -0.3 is 5.32 Å². The van der Waals surface area contributed by atoms with Crippen molar-refractivity contribution in [3.05, 3.63) is 30.1 Å². The third-order valence-electron chi connectivity index (χ3n) is 2.24. The molecule has 74 valence electrons. The molecule has 14 heavy (non-hydrogen) atoms. The van der Waals surface area contributed by atoms with E-state index in [-0.39, 0.29) is 5.82 Å². The summed E-state index contributed by atoms with van der Waals surface area (Å²) in [7, 11) is 0. The molecule has 0 amide bonds. The number of anilines is 1. The molecule has 1 N–H and O–H groups in total. The van der Waals surface area contributed by atoms with Crippen LogP contribution in [0.3, 0.4) is 0 Å². The minimum Gasteiger partial charge on any atom is -0.344 e. The summed E-state index contributed by atoms with van der Waals surface area (Å²) < 4.78 is 12.8. The highest BCUT2D eigenvalue weighted by molar-refractivity contribution is 5.95. The number of hydrogen-bond donors (Lipinski definition) is 1. The first kappa shape index (κ1) is 9.19. The molecule has 3 heteroatoms. The summed E-state index contributed by atoms with van der Waals surface area (Å²) in [5.74, 6) is 0.758.